The monoisotopic (exact) mass is 288 g/mol. The normalized spacial score (nSPS) is 15.7. The van der Waals surface area contributed by atoms with Gasteiger partial charge < -0.3 is 10.6 Å². The van der Waals surface area contributed by atoms with Crippen LogP contribution in [0.3, 0.4) is 0 Å². The summed E-state index contributed by atoms with van der Waals surface area (Å²) >= 11 is 0. The molecule has 0 aliphatic rings. The highest BCUT2D eigenvalue weighted by Gasteiger charge is 2.28. The zero-order chi connectivity index (χ0) is 15.9. The van der Waals surface area contributed by atoms with Crippen LogP contribution in [0.15, 0.2) is 30.3 Å². The molecule has 1 aromatic carbocycles. The van der Waals surface area contributed by atoms with E-state index in [-0.39, 0.29) is 0 Å². The summed E-state index contributed by atoms with van der Waals surface area (Å²) in [7, 11) is 4.16. The number of hydrogen-bond acceptors (Lipinski definition) is 4. The Morgan fingerprint density at radius 2 is 1.90 bits per heavy atom. The van der Waals surface area contributed by atoms with Gasteiger partial charge in [0.1, 0.15) is 5.54 Å². The van der Waals surface area contributed by atoms with Crippen molar-refractivity contribution in [1.82, 2.24) is 9.80 Å². The molecule has 2 atom stereocenters. The van der Waals surface area contributed by atoms with Gasteiger partial charge in [0.2, 0.25) is 0 Å². The molecule has 1 aromatic rings. The zero-order valence-corrected chi connectivity index (χ0v) is 13.7. The molecule has 21 heavy (non-hydrogen) atoms. The van der Waals surface area contributed by atoms with Crippen molar-refractivity contribution in [3.05, 3.63) is 35.9 Å². The minimum atomic E-state index is -0.910. The van der Waals surface area contributed by atoms with Crippen molar-refractivity contribution in [2.75, 3.05) is 33.7 Å². The average Bonchev–Trinajstić information content (AvgIpc) is 2.47. The van der Waals surface area contributed by atoms with Gasteiger partial charge in [-0.05, 0) is 39.5 Å². The highest BCUT2D eigenvalue weighted by molar-refractivity contribution is 5.30. The fraction of sp³-hybridized carbons (Fsp3) is 0.588. The van der Waals surface area contributed by atoms with E-state index in [0.29, 0.717) is 12.5 Å². The molecule has 1 rings (SSSR count). The minimum Gasteiger partial charge on any atom is -0.310 e. The molecule has 2 N–H and O–H groups in total. The van der Waals surface area contributed by atoms with Gasteiger partial charge in [-0.3, -0.25) is 4.90 Å². The van der Waals surface area contributed by atoms with Crippen LogP contribution in [-0.4, -0.2) is 49.6 Å². The van der Waals surface area contributed by atoms with Crippen molar-refractivity contribution in [3.63, 3.8) is 0 Å². The van der Waals surface area contributed by atoms with E-state index in [9.17, 15) is 5.26 Å². The molecule has 0 aliphatic carbocycles. The van der Waals surface area contributed by atoms with Crippen LogP contribution >= 0.6 is 0 Å². The summed E-state index contributed by atoms with van der Waals surface area (Å²) in [6.45, 7) is 7.16. The Bertz CT molecular complexity index is 452. The van der Waals surface area contributed by atoms with Crippen LogP contribution in [-0.2, 0) is 5.54 Å². The van der Waals surface area contributed by atoms with Crippen molar-refractivity contribution >= 4 is 0 Å². The molecular weight excluding hydrogens is 260 g/mol. The summed E-state index contributed by atoms with van der Waals surface area (Å²) in [5, 5.41) is 9.51. The number of likely N-dealkylation sites (N-methyl/N-ethyl adjacent to an activating group) is 2. The molecule has 0 saturated heterocycles. The molecule has 2 unspecified atom stereocenters. The second kappa shape index (κ2) is 8.14. The Labute approximate surface area is 129 Å². The van der Waals surface area contributed by atoms with Crippen molar-refractivity contribution < 1.29 is 0 Å². The average molecular weight is 288 g/mol. The fourth-order valence-corrected chi connectivity index (χ4v) is 2.65. The minimum absolute atomic E-state index is 0.448. The van der Waals surface area contributed by atoms with E-state index in [2.05, 4.69) is 43.8 Å². The summed E-state index contributed by atoms with van der Waals surface area (Å²) in [5.74, 6) is 0. The highest BCUT2D eigenvalue weighted by atomic mass is 15.2. The van der Waals surface area contributed by atoms with E-state index in [1.165, 1.54) is 0 Å². The lowest BCUT2D eigenvalue weighted by molar-refractivity contribution is 0.171. The maximum Gasteiger partial charge on any atom is 0.131 e. The lowest BCUT2D eigenvalue weighted by Crippen LogP contribution is -2.44. The zero-order valence-electron chi connectivity index (χ0n) is 13.7. The second-order valence-corrected chi connectivity index (χ2v) is 5.94. The van der Waals surface area contributed by atoms with Crippen LogP contribution < -0.4 is 5.73 Å². The molecule has 4 heteroatoms. The first kappa shape index (κ1) is 17.6. The van der Waals surface area contributed by atoms with Crippen LogP contribution in [0.25, 0.3) is 0 Å². The quantitative estimate of drug-likeness (QED) is 0.795. The number of benzene rings is 1. The molecule has 0 bridgehead atoms. The van der Waals surface area contributed by atoms with Crippen molar-refractivity contribution in [1.29, 1.82) is 5.26 Å². The summed E-state index contributed by atoms with van der Waals surface area (Å²) in [6.07, 6.45) is 0.638. The summed E-state index contributed by atoms with van der Waals surface area (Å²) in [4.78, 5) is 4.56. The van der Waals surface area contributed by atoms with Crippen LogP contribution in [0.5, 0.6) is 0 Å². The Balaban J connectivity index is 2.72. The third-order valence-corrected chi connectivity index (χ3v) is 3.94. The number of hydrogen-bond donors (Lipinski definition) is 1. The summed E-state index contributed by atoms with van der Waals surface area (Å²) < 4.78 is 0. The van der Waals surface area contributed by atoms with Gasteiger partial charge in [0.15, 0.2) is 0 Å². The third-order valence-electron chi connectivity index (χ3n) is 3.94. The topological polar surface area (TPSA) is 56.3 Å². The molecule has 0 radical (unpaired) electrons. The van der Waals surface area contributed by atoms with Crippen molar-refractivity contribution in [2.45, 2.75) is 31.8 Å². The van der Waals surface area contributed by atoms with Gasteiger partial charge in [-0.25, -0.2) is 0 Å². The van der Waals surface area contributed by atoms with Crippen molar-refractivity contribution in [2.24, 2.45) is 5.73 Å². The van der Waals surface area contributed by atoms with Gasteiger partial charge in [0.25, 0.3) is 0 Å². The van der Waals surface area contributed by atoms with E-state index in [4.69, 9.17) is 5.73 Å². The summed E-state index contributed by atoms with van der Waals surface area (Å²) in [5.41, 5.74) is 6.31. The Morgan fingerprint density at radius 3 is 2.38 bits per heavy atom. The molecule has 116 valence electrons. The molecule has 0 amide bonds. The van der Waals surface area contributed by atoms with Gasteiger partial charge in [0, 0.05) is 19.1 Å². The predicted octanol–water partition coefficient (Wildman–Crippen LogP) is 2.03. The van der Waals surface area contributed by atoms with E-state index < -0.39 is 5.54 Å². The Morgan fingerprint density at radius 1 is 1.29 bits per heavy atom. The first-order valence-electron chi connectivity index (χ1n) is 7.57. The highest BCUT2D eigenvalue weighted by Crippen LogP contribution is 2.22. The Kier molecular flexibility index (Phi) is 6.83. The summed E-state index contributed by atoms with van der Waals surface area (Å²) in [6, 6.07) is 12.4. The first-order valence-corrected chi connectivity index (χ1v) is 7.57. The lowest BCUT2D eigenvalue weighted by Gasteiger charge is -2.32. The van der Waals surface area contributed by atoms with E-state index >= 15 is 0 Å². The molecule has 0 aromatic heterocycles. The lowest BCUT2D eigenvalue weighted by atomic mass is 9.89. The van der Waals surface area contributed by atoms with Gasteiger partial charge in [-0.15, -0.1) is 0 Å². The largest absolute Gasteiger partial charge is 0.310 e. The van der Waals surface area contributed by atoms with Gasteiger partial charge in [-0.2, -0.15) is 5.26 Å². The van der Waals surface area contributed by atoms with E-state index in [0.717, 1.165) is 25.2 Å². The second-order valence-electron chi connectivity index (χ2n) is 5.94. The molecule has 0 saturated carbocycles. The molecule has 0 heterocycles. The molecule has 0 spiro atoms. The number of rotatable bonds is 8. The SMILES string of the molecule is CCN(CCC(N)(C#N)c1ccccc1)C(C)CN(C)C. The predicted molar refractivity (Wildman–Crippen MR) is 87.8 cm³/mol. The first-order chi connectivity index (χ1) is 9.92. The smallest absolute Gasteiger partial charge is 0.131 e. The number of nitrogens with two attached hydrogens (primary N) is 1. The van der Waals surface area contributed by atoms with Gasteiger partial charge in [-0.1, -0.05) is 37.3 Å². The van der Waals surface area contributed by atoms with E-state index in [1.54, 1.807) is 0 Å². The maximum atomic E-state index is 9.51. The molecule has 4 nitrogen and oxygen atoms in total. The van der Waals surface area contributed by atoms with Gasteiger partial charge >= 0.3 is 0 Å². The molecule has 0 aliphatic heterocycles. The molecular formula is C17H28N4. The Hall–Kier alpha value is -1.41. The van der Waals surface area contributed by atoms with Gasteiger partial charge in [0.05, 0.1) is 6.07 Å². The standard InChI is InChI=1S/C17H28N4/c1-5-21(15(2)13-20(3)4)12-11-17(19,14-18)16-9-7-6-8-10-16/h6-10,15H,5,11-13,19H2,1-4H3. The van der Waals surface area contributed by atoms with E-state index in [1.807, 2.05) is 30.3 Å². The number of nitriles is 1. The molecule has 0 fully saturated rings. The van der Waals surface area contributed by atoms with Crippen LogP contribution in [0.2, 0.25) is 0 Å². The number of nitrogens with zero attached hydrogens (tertiary/aromatic N) is 3. The van der Waals surface area contributed by atoms with Crippen LogP contribution in [0.1, 0.15) is 25.8 Å². The fourth-order valence-electron chi connectivity index (χ4n) is 2.65. The maximum absolute atomic E-state index is 9.51. The third kappa shape index (κ3) is 5.13. The van der Waals surface area contributed by atoms with Crippen molar-refractivity contribution in [3.8, 4) is 6.07 Å². The van der Waals surface area contributed by atoms with Crippen LogP contribution in [0.4, 0.5) is 0 Å². The van der Waals surface area contributed by atoms with Crippen LogP contribution in [0, 0.1) is 11.3 Å².